The smallest absolute Gasteiger partial charge is 0.248 e. The van der Waals surface area contributed by atoms with Crippen molar-refractivity contribution in [1.29, 1.82) is 0 Å². The second-order valence-electron chi connectivity index (χ2n) is 5.45. The van der Waals surface area contributed by atoms with E-state index in [1.165, 1.54) is 33.9 Å². The van der Waals surface area contributed by atoms with E-state index in [0.29, 0.717) is 23.8 Å². The van der Waals surface area contributed by atoms with Gasteiger partial charge in [-0.2, -0.15) is 4.31 Å². The lowest BCUT2D eigenvalue weighted by molar-refractivity contribution is -0.111. The van der Waals surface area contributed by atoms with Crippen molar-refractivity contribution < 1.29 is 13.2 Å². The molecule has 1 saturated heterocycles. The average molecular weight is 398 g/mol. The summed E-state index contributed by atoms with van der Waals surface area (Å²) in [6.45, 7) is 0.984. The topological polar surface area (TPSA) is 79.4 Å². The molecule has 1 aromatic carbocycles. The highest BCUT2D eigenvalue weighted by Crippen LogP contribution is 2.29. The second-order valence-corrected chi connectivity index (χ2v) is 8.69. The van der Waals surface area contributed by atoms with Gasteiger partial charge in [-0.1, -0.05) is 11.6 Å². The maximum atomic E-state index is 12.7. The summed E-state index contributed by atoms with van der Waals surface area (Å²) >= 11 is 7.50. The van der Waals surface area contributed by atoms with Crippen molar-refractivity contribution in [2.75, 3.05) is 18.4 Å². The van der Waals surface area contributed by atoms with Gasteiger partial charge >= 0.3 is 0 Å². The second kappa shape index (κ2) is 7.65. The van der Waals surface area contributed by atoms with E-state index in [9.17, 15) is 13.2 Å². The highest BCUT2D eigenvalue weighted by atomic mass is 35.5. The van der Waals surface area contributed by atoms with Gasteiger partial charge in [0.05, 0.1) is 5.02 Å². The van der Waals surface area contributed by atoms with E-state index in [-0.39, 0.29) is 15.8 Å². The van der Waals surface area contributed by atoms with Crippen LogP contribution < -0.4 is 5.32 Å². The fourth-order valence-corrected chi connectivity index (χ4v) is 5.04. The molecule has 1 fully saturated rings. The third-order valence-corrected chi connectivity index (χ3v) is 6.83. The number of thiazole rings is 1. The molecule has 0 unspecified atom stereocenters. The van der Waals surface area contributed by atoms with Crippen LogP contribution in [0.4, 0.5) is 5.69 Å². The van der Waals surface area contributed by atoms with Gasteiger partial charge in [0.2, 0.25) is 15.9 Å². The normalized spacial score (nSPS) is 15.7. The molecule has 0 spiro atoms. The molecule has 0 bridgehead atoms. The molecule has 1 amide bonds. The predicted octanol–water partition coefficient (Wildman–Crippen LogP) is 3.23. The number of carbonyl (C=O) groups is 1. The fourth-order valence-electron chi connectivity index (χ4n) is 2.49. The van der Waals surface area contributed by atoms with Crippen LogP contribution in [0.3, 0.4) is 0 Å². The monoisotopic (exact) mass is 397 g/mol. The molecule has 2 aromatic rings. The number of aromatic nitrogens is 1. The minimum atomic E-state index is -3.65. The molecular formula is C16H16ClN3O3S2. The molecule has 0 saturated carbocycles. The minimum Gasteiger partial charge on any atom is -0.322 e. The van der Waals surface area contributed by atoms with Gasteiger partial charge in [0, 0.05) is 36.4 Å². The first-order valence-corrected chi connectivity index (χ1v) is 10.3. The molecule has 0 aliphatic carbocycles. The third kappa shape index (κ3) is 4.27. The van der Waals surface area contributed by atoms with Gasteiger partial charge in [-0.05, 0) is 37.1 Å². The van der Waals surface area contributed by atoms with E-state index >= 15 is 0 Å². The average Bonchev–Trinajstić information content (AvgIpc) is 3.28. The summed E-state index contributed by atoms with van der Waals surface area (Å²) in [6, 6.07) is 4.44. The van der Waals surface area contributed by atoms with E-state index in [2.05, 4.69) is 10.3 Å². The summed E-state index contributed by atoms with van der Waals surface area (Å²) in [5.74, 6) is -0.373. The number of nitrogens with one attached hydrogen (secondary N) is 1. The Morgan fingerprint density at radius 2 is 2.08 bits per heavy atom. The Labute approximate surface area is 155 Å². The van der Waals surface area contributed by atoms with Crippen LogP contribution in [0.25, 0.3) is 6.08 Å². The molecule has 0 radical (unpaired) electrons. The first-order valence-electron chi connectivity index (χ1n) is 7.65. The molecule has 25 heavy (non-hydrogen) atoms. The lowest BCUT2D eigenvalue weighted by atomic mass is 10.3. The molecule has 1 aliphatic rings. The largest absolute Gasteiger partial charge is 0.322 e. The lowest BCUT2D eigenvalue weighted by Gasteiger charge is -2.17. The van der Waals surface area contributed by atoms with E-state index in [0.717, 1.165) is 12.8 Å². The van der Waals surface area contributed by atoms with Crippen LogP contribution in [0, 0.1) is 0 Å². The summed E-state index contributed by atoms with van der Waals surface area (Å²) < 4.78 is 26.8. The summed E-state index contributed by atoms with van der Waals surface area (Å²) in [5, 5.41) is 5.31. The number of carbonyl (C=O) groups excluding carboxylic acids is 1. The van der Waals surface area contributed by atoms with Gasteiger partial charge in [-0.25, -0.2) is 13.4 Å². The Hall–Kier alpha value is -1.74. The van der Waals surface area contributed by atoms with Crippen molar-refractivity contribution in [2.24, 2.45) is 0 Å². The molecule has 9 heteroatoms. The fraction of sp³-hybridized carbons (Fsp3) is 0.250. The van der Waals surface area contributed by atoms with Crippen molar-refractivity contribution in [2.45, 2.75) is 17.7 Å². The van der Waals surface area contributed by atoms with E-state index < -0.39 is 10.0 Å². The standard InChI is InChI=1S/C16H16ClN3O3S2/c17-13-4-3-12(19-15(21)5-6-16-18-7-10-24-16)11-14(13)25(22,23)20-8-1-2-9-20/h3-7,10-11H,1-2,8-9H2,(H,19,21)/b6-5+. The number of sulfonamides is 1. The van der Waals surface area contributed by atoms with Crippen molar-refractivity contribution in [3.05, 3.63) is 45.9 Å². The molecule has 3 rings (SSSR count). The van der Waals surface area contributed by atoms with Crippen molar-refractivity contribution >= 4 is 50.6 Å². The summed E-state index contributed by atoms with van der Waals surface area (Å²) in [6.07, 6.45) is 6.28. The first-order chi connectivity index (χ1) is 12.0. The van der Waals surface area contributed by atoms with Gasteiger partial charge in [-0.3, -0.25) is 4.79 Å². The number of anilines is 1. The SMILES string of the molecule is O=C(/C=C/c1nccs1)Nc1ccc(Cl)c(S(=O)(=O)N2CCCC2)c1. The molecule has 0 atom stereocenters. The van der Waals surface area contributed by atoms with Crippen LogP contribution in [0.15, 0.2) is 40.7 Å². The van der Waals surface area contributed by atoms with Gasteiger partial charge in [-0.15, -0.1) is 11.3 Å². The van der Waals surface area contributed by atoms with Crippen LogP contribution in [0.2, 0.25) is 5.02 Å². The molecule has 2 heterocycles. The third-order valence-electron chi connectivity index (χ3n) is 3.71. The van der Waals surface area contributed by atoms with E-state index in [1.54, 1.807) is 18.3 Å². The number of halogens is 1. The predicted molar refractivity (Wildman–Crippen MR) is 99.2 cm³/mol. The highest BCUT2D eigenvalue weighted by molar-refractivity contribution is 7.89. The number of benzene rings is 1. The van der Waals surface area contributed by atoms with Crippen molar-refractivity contribution in [1.82, 2.24) is 9.29 Å². The summed E-state index contributed by atoms with van der Waals surface area (Å²) in [5.41, 5.74) is 0.371. The Morgan fingerprint density at radius 3 is 2.76 bits per heavy atom. The zero-order valence-corrected chi connectivity index (χ0v) is 15.6. The molecule has 1 aliphatic heterocycles. The number of rotatable bonds is 5. The molecular weight excluding hydrogens is 382 g/mol. The van der Waals surface area contributed by atoms with Gasteiger partial charge in [0.25, 0.3) is 0 Å². The summed E-state index contributed by atoms with van der Waals surface area (Å²) in [7, 11) is -3.65. The first kappa shape index (κ1) is 18.1. The number of nitrogens with zero attached hydrogens (tertiary/aromatic N) is 2. The zero-order valence-electron chi connectivity index (χ0n) is 13.2. The van der Waals surface area contributed by atoms with Crippen LogP contribution in [0.1, 0.15) is 17.8 Å². The zero-order chi connectivity index (χ0) is 17.9. The lowest BCUT2D eigenvalue weighted by Crippen LogP contribution is -2.28. The molecule has 6 nitrogen and oxygen atoms in total. The van der Waals surface area contributed by atoms with E-state index in [1.807, 2.05) is 5.38 Å². The Kier molecular flexibility index (Phi) is 5.53. The number of amides is 1. The van der Waals surface area contributed by atoms with Crippen LogP contribution in [0.5, 0.6) is 0 Å². The maximum absolute atomic E-state index is 12.7. The van der Waals surface area contributed by atoms with E-state index in [4.69, 9.17) is 11.6 Å². The van der Waals surface area contributed by atoms with Gasteiger partial charge in [0.1, 0.15) is 9.90 Å². The number of hydrogen-bond acceptors (Lipinski definition) is 5. The van der Waals surface area contributed by atoms with Crippen LogP contribution in [-0.2, 0) is 14.8 Å². The Balaban J connectivity index is 1.78. The molecule has 1 N–H and O–H groups in total. The minimum absolute atomic E-state index is 0.0118. The van der Waals surface area contributed by atoms with Gasteiger partial charge in [0.15, 0.2) is 0 Å². The Morgan fingerprint density at radius 1 is 1.32 bits per heavy atom. The van der Waals surface area contributed by atoms with Crippen molar-refractivity contribution in [3.63, 3.8) is 0 Å². The van der Waals surface area contributed by atoms with Crippen molar-refractivity contribution in [3.8, 4) is 0 Å². The van der Waals surface area contributed by atoms with Crippen LogP contribution in [-0.4, -0.2) is 36.7 Å². The summed E-state index contributed by atoms with van der Waals surface area (Å²) in [4.78, 5) is 16.1. The molecule has 1 aromatic heterocycles. The Bertz CT molecular complexity index is 889. The number of hydrogen-bond donors (Lipinski definition) is 1. The van der Waals surface area contributed by atoms with Crippen LogP contribution >= 0.6 is 22.9 Å². The highest BCUT2D eigenvalue weighted by Gasteiger charge is 2.29. The van der Waals surface area contributed by atoms with Gasteiger partial charge < -0.3 is 5.32 Å². The molecule has 132 valence electrons. The maximum Gasteiger partial charge on any atom is 0.248 e. The quantitative estimate of drug-likeness (QED) is 0.785.